The lowest BCUT2D eigenvalue weighted by Gasteiger charge is -2.31. The van der Waals surface area contributed by atoms with Gasteiger partial charge in [-0.25, -0.2) is 4.79 Å². The second-order valence-corrected chi connectivity index (χ2v) is 4.75. The maximum atomic E-state index is 11.9. The van der Waals surface area contributed by atoms with Gasteiger partial charge in [0.2, 0.25) is 0 Å². The third-order valence-electron chi connectivity index (χ3n) is 3.38. The molecule has 0 N–H and O–H groups in total. The summed E-state index contributed by atoms with van der Waals surface area (Å²) in [6, 6.07) is 9.90. The first-order chi connectivity index (χ1) is 9.20. The number of likely N-dealkylation sites (tertiary alicyclic amines) is 1. The summed E-state index contributed by atoms with van der Waals surface area (Å²) >= 11 is 0. The van der Waals surface area contributed by atoms with E-state index in [9.17, 15) is 9.59 Å². The highest BCUT2D eigenvalue weighted by Gasteiger charge is 2.30. The van der Waals surface area contributed by atoms with Crippen LogP contribution in [0.2, 0.25) is 0 Å². The fraction of sp³-hybridized carbons (Fsp3) is 0.467. The highest BCUT2D eigenvalue weighted by molar-refractivity contribution is 5.84. The second-order valence-electron chi connectivity index (χ2n) is 4.75. The average molecular weight is 261 g/mol. The Morgan fingerprint density at radius 3 is 2.79 bits per heavy atom. The van der Waals surface area contributed by atoms with E-state index >= 15 is 0 Å². The third-order valence-corrected chi connectivity index (χ3v) is 3.38. The van der Waals surface area contributed by atoms with E-state index in [0.29, 0.717) is 32.5 Å². The Hall–Kier alpha value is -1.84. The summed E-state index contributed by atoms with van der Waals surface area (Å²) in [5, 5.41) is 0. The molecular formula is C15H19NO3. The molecule has 102 valence electrons. The van der Waals surface area contributed by atoms with Gasteiger partial charge in [0.15, 0.2) is 0 Å². The number of carbonyl (C=O) groups is 2. The van der Waals surface area contributed by atoms with E-state index in [1.54, 1.807) is 11.8 Å². The molecule has 1 aliphatic heterocycles. The minimum Gasteiger partial charge on any atom is -0.450 e. The summed E-state index contributed by atoms with van der Waals surface area (Å²) < 4.78 is 4.99. The van der Waals surface area contributed by atoms with E-state index in [1.165, 1.54) is 0 Å². The molecule has 1 atom stereocenters. The molecule has 1 saturated heterocycles. The molecule has 19 heavy (non-hydrogen) atoms. The van der Waals surface area contributed by atoms with Gasteiger partial charge in [0, 0.05) is 25.4 Å². The SMILES string of the molecule is CCOC(=O)N1CCC(=O)C(Cc2ccccc2)C1. The number of Topliss-reactive ketones (excluding diaryl/α,β-unsaturated/α-hetero) is 1. The van der Waals surface area contributed by atoms with Crippen molar-refractivity contribution in [3.63, 3.8) is 0 Å². The number of piperidine rings is 1. The van der Waals surface area contributed by atoms with Crippen LogP contribution in [0, 0.1) is 5.92 Å². The monoisotopic (exact) mass is 261 g/mol. The van der Waals surface area contributed by atoms with Gasteiger partial charge in [0.05, 0.1) is 6.61 Å². The van der Waals surface area contributed by atoms with E-state index in [4.69, 9.17) is 4.74 Å². The molecule has 0 spiro atoms. The van der Waals surface area contributed by atoms with Crippen LogP contribution < -0.4 is 0 Å². The Labute approximate surface area is 113 Å². The minimum atomic E-state index is -0.312. The van der Waals surface area contributed by atoms with Gasteiger partial charge in [-0.1, -0.05) is 30.3 Å². The van der Waals surface area contributed by atoms with E-state index in [1.807, 2.05) is 30.3 Å². The standard InChI is InChI=1S/C15H19NO3/c1-2-19-15(18)16-9-8-14(17)13(11-16)10-12-6-4-3-5-7-12/h3-7,13H,2,8-11H2,1H3. The lowest BCUT2D eigenvalue weighted by atomic mass is 9.90. The van der Waals surface area contributed by atoms with Crippen molar-refractivity contribution in [1.82, 2.24) is 4.90 Å². The zero-order valence-electron chi connectivity index (χ0n) is 11.2. The van der Waals surface area contributed by atoms with E-state index in [-0.39, 0.29) is 17.8 Å². The summed E-state index contributed by atoms with van der Waals surface area (Å²) in [4.78, 5) is 25.3. The van der Waals surface area contributed by atoms with Crippen LogP contribution >= 0.6 is 0 Å². The van der Waals surface area contributed by atoms with Crippen molar-refractivity contribution >= 4 is 11.9 Å². The maximum Gasteiger partial charge on any atom is 0.409 e. The molecule has 2 rings (SSSR count). The Morgan fingerprint density at radius 2 is 2.11 bits per heavy atom. The number of carbonyl (C=O) groups excluding carboxylic acids is 2. The highest BCUT2D eigenvalue weighted by Crippen LogP contribution is 2.18. The number of amides is 1. The van der Waals surface area contributed by atoms with Crippen LogP contribution in [0.15, 0.2) is 30.3 Å². The van der Waals surface area contributed by atoms with Crippen LogP contribution in [0.25, 0.3) is 0 Å². The molecule has 0 aromatic heterocycles. The van der Waals surface area contributed by atoms with Gasteiger partial charge in [0.25, 0.3) is 0 Å². The molecule has 1 heterocycles. The summed E-state index contributed by atoms with van der Waals surface area (Å²) in [5.74, 6) is 0.130. The van der Waals surface area contributed by atoms with Crippen molar-refractivity contribution in [3.05, 3.63) is 35.9 Å². The molecule has 4 nitrogen and oxygen atoms in total. The van der Waals surface area contributed by atoms with E-state index in [2.05, 4.69) is 0 Å². The van der Waals surface area contributed by atoms with Gasteiger partial charge in [-0.3, -0.25) is 4.79 Å². The molecule has 0 saturated carbocycles. The van der Waals surface area contributed by atoms with Gasteiger partial charge in [0.1, 0.15) is 5.78 Å². The number of ketones is 1. The maximum absolute atomic E-state index is 11.9. The number of ether oxygens (including phenoxy) is 1. The predicted molar refractivity (Wildman–Crippen MR) is 71.9 cm³/mol. The second kappa shape index (κ2) is 6.36. The van der Waals surface area contributed by atoms with Crippen molar-refractivity contribution in [2.45, 2.75) is 19.8 Å². The molecule has 1 aliphatic rings. The first kappa shape index (κ1) is 13.6. The van der Waals surface area contributed by atoms with Crippen LogP contribution in [-0.4, -0.2) is 36.5 Å². The largest absolute Gasteiger partial charge is 0.450 e. The first-order valence-corrected chi connectivity index (χ1v) is 6.69. The Balaban J connectivity index is 1.99. The fourth-order valence-electron chi connectivity index (χ4n) is 2.37. The number of benzene rings is 1. The molecule has 1 aromatic carbocycles. The van der Waals surface area contributed by atoms with E-state index < -0.39 is 0 Å². The van der Waals surface area contributed by atoms with Crippen LogP contribution in [0.5, 0.6) is 0 Å². The minimum absolute atomic E-state index is 0.111. The molecule has 0 aliphatic carbocycles. The van der Waals surface area contributed by atoms with Gasteiger partial charge in [-0.2, -0.15) is 0 Å². The molecule has 1 fully saturated rings. The summed E-state index contributed by atoms with van der Waals surface area (Å²) in [5.41, 5.74) is 1.13. The first-order valence-electron chi connectivity index (χ1n) is 6.69. The molecule has 1 amide bonds. The number of nitrogens with zero attached hydrogens (tertiary/aromatic N) is 1. The summed E-state index contributed by atoms with van der Waals surface area (Å²) in [6.45, 7) is 3.09. The van der Waals surface area contributed by atoms with Gasteiger partial charge in [-0.05, 0) is 18.9 Å². The Kier molecular flexibility index (Phi) is 4.55. The lowest BCUT2D eigenvalue weighted by molar-refractivity contribution is -0.125. The van der Waals surface area contributed by atoms with E-state index in [0.717, 1.165) is 5.56 Å². The zero-order valence-corrected chi connectivity index (χ0v) is 11.2. The Morgan fingerprint density at radius 1 is 1.37 bits per heavy atom. The summed E-state index contributed by atoms with van der Waals surface area (Å²) in [6.07, 6.45) is 0.805. The number of hydrogen-bond donors (Lipinski definition) is 0. The normalized spacial score (nSPS) is 19.3. The van der Waals surface area contributed by atoms with Gasteiger partial charge >= 0.3 is 6.09 Å². The molecular weight excluding hydrogens is 242 g/mol. The molecule has 4 heteroatoms. The average Bonchev–Trinajstić information content (AvgIpc) is 2.42. The third kappa shape index (κ3) is 3.56. The van der Waals surface area contributed by atoms with Crippen LogP contribution in [0.4, 0.5) is 4.79 Å². The van der Waals surface area contributed by atoms with Crippen LogP contribution in [-0.2, 0) is 16.0 Å². The lowest BCUT2D eigenvalue weighted by Crippen LogP contribution is -2.45. The van der Waals surface area contributed by atoms with Gasteiger partial charge < -0.3 is 9.64 Å². The highest BCUT2D eigenvalue weighted by atomic mass is 16.6. The predicted octanol–water partition coefficient (Wildman–Crippen LogP) is 2.28. The molecule has 0 bridgehead atoms. The van der Waals surface area contributed by atoms with Crippen molar-refractivity contribution in [2.24, 2.45) is 5.92 Å². The van der Waals surface area contributed by atoms with Gasteiger partial charge in [-0.15, -0.1) is 0 Å². The Bertz CT molecular complexity index is 444. The van der Waals surface area contributed by atoms with Crippen molar-refractivity contribution in [2.75, 3.05) is 19.7 Å². The molecule has 0 radical (unpaired) electrons. The fourth-order valence-corrected chi connectivity index (χ4v) is 2.37. The number of rotatable bonds is 3. The molecule has 1 aromatic rings. The smallest absolute Gasteiger partial charge is 0.409 e. The van der Waals surface area contributed by atoms with Crippen molar-refractivity contribution in [3.8, 4) is 0 Å². The van der Waals surface area contributed by atoms with Crippen molar-refractivity contribution in [1.29, 1.82) is 0 Å². The number of hydrogen-bond acceptors (Lipinski definition) is 3. The van der Waals surface area contributed by atoms with Crippen molar-refractivity contribution < 1.29 is 14.3 Å². The summed E-state index contributed by atoms with van der Waals surface area (Å²) in [7, 11) is 0. The molecule has 1 unspecified atom stereocenters. The topological polar surface area (TPSA) is 46.6 Å². The quantitative estimate of drug-likeness (QED) is 0.838. The van der Waals surface area contributed by atoms with Crippen LogP contribution in [0.1, 0.15) is 18.9 Å². The van der Waals surface area contributed by atoms with Crippen LogP contribution in [0.3, 0.4) is 0 Å². The zero-order chi connectivity index (χ0) is 13.7.